The predicted molar refractivity (Wildman–Crippen MR) is 117 cm³/mol. The zero-order valence-corrected chi connectivity index (χ0v) is 18.4. The van der Waals surface area contributed by atoms with Gasteiger partial charge in [0.1, 0.15) is 12.0 Å². The first-order valence-corrected chi connectivity index (χ1v) is 10.9. The second-order valence-corrected chi connectivity index (χ2v) is 8.55. The van der Waals surface area contributed by atoms with Crippen molar-refractivity contribution in [3.05, 3.63) is 29.8 Å². The molecule has 2 rings (SSSR count). The number of ether oxygens (including phenoxy) is 1. The van der Waals surface area contributed by atoms with Crippen LogP contribution < -0.4 is 15.4 Å². The molecule has 1 aromatic rings. The Kier molecular flexibility index (Phi) is 9.80. The zero-order chi connectivity index (χ0) is 21.9. The number of hydrogen-bond donors (Lipinski definition) is 2. The summed E-state index contributed by atoms with van der Waals surface area (Å²) in [5.41, 5.74) is 1.02. The molecule has 166 valence electrons. The van der Waals surface area contributed by atoms with E-state index in [1.165, 1.54) is 6.42 Å². The van der Waals surface area contributed by atoms with Gasteiger partial charge in [-0.25, -0.2) is 4.79 Å². The molecular weight excluding hydrogens is 382 g/mol. The normalized spacial score (nSPS) is 16.5. The van der Waals surface area contributed by atoms with Crippen LogP contribution >= 0.6 is 0 Å². The summed E-state index contributed by atoms with van der Waals surface area (Å²) in [7, 11) is 0. The quantitative estimate of drug-likeness (QED) is 0.347. The average molecular weight is 418 g/mol. The van der Waals surface area contributed by atoms with Gasteiger partial charge in [-0.15, -0.1) is 0 Å². The Morgan fingerprint density at radius 3 is 2.33 bits per heavy atom. The van der Waals surface area contributed by atoms with Crippen LogP contribution in [0.25, 0.3) is 0 Å². The number of hydrogen-bond acceptors (Lipinski definition) is 5. The number of amides is 2. The number of nitrogens with one attached hydrogen (secondary N) is 2. The van der Waals surface area contributed by atoms with E-state index in [9.17, 15) is 14.4 Å². The van der Waals surface area contributed by atoms with Crippen molar-refractivity contribution in [1.29, 1.82) is 0 Å². The predicted octanol–water partition coefficient (Wildman–Crippen LogP) is 2.92. The van der Waals surface area contributed by atoms with E-state index in [-0.39, 0.29) is 18.0 Å². The zero-order valence-electron chi connectivity index (χ0n) is 18.4. The number of carbonyl (C=O) groups excluding carboxylic acids is 3. The molecule has 0 spiro atoms. The fourth-order valence-corrected chi connectivity index (χ4v) is 3.65. The summed E-state index contributed by atoms with van der Waals surface area (Å²) in [6.45, 7) is 8.16. The van der Waals surface area contributed by atoms with Crippen molar-refractivity contribution in [3.63, 3.8) is 0 Å². The van der Waals surface area contributed by atoms with Gasteiger partial charge in [0.2, 0.25) is 0 Å². The van der Waals surface area contributed by atoms with Crippen molar-refractivity contribution >= 4 is 18.3 Å². The molecule has 2 atom stereocenters. The van der Waals surface area contributed by atoms with Gasteiger partial charge in [-0.05, 0) is 69.3 Å². The molecule has 1 aliphatic rings. The van der Waals surface area contributed by atoms with Gasteiger partial charge in [0.05, 0.1) is 12.6 Å². The van der Waals surface area contributed by atoms with Crippen LogP contribution in [-0.4, -0.2) is 54.9 Å². The lowest BCUT2D eigenvalue weighted by atomic mass is 10.1. The van der Waals surface area contributed by atoms with E-state index in [4.69, 9.17) is 4.74 Å². The third kappa shape index (κ3) is 8.95. The Hall–Kier alpha value is -2.41. The van der Waals surface area contributed by atoms with Crippen LogP contribution in [0.3, 0.4) is 0 Å². The standard InChI is InChI=1S/C23H35N3O4/c1-17(2)13-20(16-27)25-23(29)24-18(3)14-19-7-9-21(10-8-19)30-22(28)15-26-11-5-4-6-12-26/h7-10,16-18,20H,4-6,11-15H2,1-3H3,(H2,24,25,29). The topological polar surface area (TPSA) is 87.7 Å². The van der Waals surface area contributed by atoms with Crippen LogP contribution in [0.15, 0.2) is 24.3 Å². The maximum Gasteiger partial charge on any atom is 0.325 e. The van der Waals surface area contributed by atoms with Gasteiger partial charge >= 0.3 is 12.0 Å². The highest BCUT2D eigenvalue weighted by Crippen LogP contribution is 2.15. The van der Waals surface area contributed by atoms with Crippen LogP contribution in [0.4, 0.5) is 4.79 Å². The van der Waals surface area contributed by atoms with Gasteiger partial charge < -0.3 is 20.2 Å². The Morgan fingerprint density at radius 1 is 1.07 bits per heavy atom. The highest BCUT2D eigenvalue weighted by molar-refractivity contribution is 5.78. The van der Waals surface area contributed by atoms with Crippen LogP contribution in [0.1, 0.15) is 52.0 Å². The van der Waals surface area contributed by atoms with Crippen molar-refractivity contribution in [2.75, 3.05) is 19.6 Å². The van der Waals surface area contributed by atoms with Gasteiger partial charge in [0.25, 0.3) is 0 Å². The number of urea groups is 1. The van der Waals surface area contributed by atoms with E-state index in [1.807, 2.05) is 32.9 Å². The fourth-order valence-electron chi connectivity index (χ4n) is 3.65. The first kappa shape index (κ1) is 23.9. The van der Waals surface area contributed by atoms with Gasteiger partial charge in [0, 0.05) is 6.04 Å². The smallest absolute Gasteiger partial charge is 0.325 e. The molecule has 2 N–H and O–H groups in total. The number of nitrogens with zero attached hydrogens (tertiary/aromatic N) is 1. The number of esters is 1. The van der Waals surface area contributed by atoms with Gasteiger partial charge in [0.15, 0.2) is 0 Å². The molecule has 7 heteroatoms. The highest BCUT2D eigenvalue weighted by Gasteiger charge is 2.16. The van der Waals surface area contributed by atoms with Crippen molar-refractivity contribution in [3.8, 4) is 5.75 Å². The molecule has 2 amide bonds. The van der Waals surface area contributed by atoms with E-state index in [0.29, 0.717) is 31.1 Å². The Labute approximate surface area is 179 Å². The summed E-state index contributed by atoms with van der Waals surface area (Å²) in [6.07, 6.45) is 5.53. The maximum atomic E-state index is 12.1. The minimum atomic E-state index is -0.476. The van der Waals surface area contributed by atoms with Crippen LogP contribution in [0, 0.1) is 5.92 Å². The van der Waals surface area contributed by atoms with Crippen molar-refractivity contribution in [1.82, 2.24) is 15.5 Å². The van der Waals surface area contributed by atoms with Crippen LogP contribution in [0.2, 0.25) is 0 Å². The third-order valence-corrected chi connectivity index (χ3v) is 5.08. The van der Waals surface area contributed by atoms with E-state index < -0.39 is 6.04 Å². The highest BCUT2D eigenvalue weighted by atomic mass is 16.5. The molecule has 0 bridgehead atoms. The number of piperidine rings is 1. The lowest BCUT2D eigenvalue weighted by molar-refractivity contribution is -0.135. The Bertz CT molecular complexity index is 684. The molecule has 1 aliphatic heterocycles. The lowest BCUT2D eigenvalue weighted by Gasteiger charge is -2.25. The van der Waals surface area contributed by atoms with Gasteiger partial charge in [-0.1, -0.05) is 32.4 Å². The molecule has 1 aromatic carbocycles. The van der Waals surface area contributed by atoms with Crippen LogP contribution in [-0.2, 0) is 16.0 Å². The number of likely N-dealkylation sites (tertiary alicyclic amines) is 1. The summed E-state index contributed by atoms with van der Waals surface area (Å²) in [4.78, 5) is 37.4. The molecule has 7 nitrogen and oxygen atoms in total. The minimum Gasteiger partial charge on any atom is -0.426 e. The summed E-state index contributed by atoms with van der Waals surface area (Å²) in [5.74, 6) is 0.620. The third-order valence-electron chi connectivity index (χ3n) is 5.08. The lowest BCUT2D eigenvalue weighted by Crippen LogP contribution is -2.47. The molecule has 30 heavy (non-hydrogen) atoms. The average Bonchev–Trinajstić information content (AvgIpc) is 2.69. The molecule has 1 fully saturated rings. The van der Waals surface area contributed by atoms with E-state index in [2.05, 4.69) is 15.5 Å². The van der Waals surface area contributed by atoms with Crippen molar-refractivity contribution in [2.45, 2.75) is 65.0 Å². The minimum absolute atomic E-state index is 0.108. The number of rotatable bonds is 10. The van der Waals surface area contributed by atoms with Gasteiger partial charge in [-0.2, -0.15) is 0 Å². The first-order valence-electron chi connectivity index (χ1n) is 10.9. The molecular formula is C23H35N3O4. The largest absolute Gasteiger partial charge is 0.426 e. The molecule has 1 heterocycles. The van der Waals surface area contributed by atoms with Crippen LogP contribution in [0.5, 0.6) is 5.75 Å². The summed E-state index contributed by atoms with van der Waals surface area (Å²) >= 11 is 0. The summed E-state index contributed by atoms with van der Waals surface area (Å²) < 4.78 is 5.44. The number of aldehydes is 1. The van der Waals surface area contributed by atoms with E-state index in [1.54, 1.807) is 12.1 Å². The first-order chi connectivity index (χ1) is 14.4. The maximum absolute atomic E-state index is 12.1. The second kappa shape index (κ2) is 12.3. The molecule has 1 saturated heterocycles. The molecule has 2 unspecified atom stereocenters. The summed E-state index contributed by atoms with van der Waals surface area (Å²) in [5, 5.41) is 5.56. The molecule has 0 saturated carbocycles. The SMILES string of the molecule is CC(C)CC(C=O)NC(=O)NC(C)Cc1ccc(OC(=O)CN2CCCCC2)cc1. The number of carbonyl (C=O) groups is 3. The number of benzene rings is 1. The molecule has 0 aliphatic carbocycles. The van der Waals surface area contributed by atoms with E-state index in [0.717, 1.165) is 37.8 Å². The summed E-state index contributed by atoms with van der Waals surface area (Å²) in [6, 6.07) is 6.42. The van der Waals surface area contributed by atoms with E-state index >= 15 is 0 Å². The van der Waals surface area contributed by atoms with Gasteiger partial charge in [-0.3, -0.25) is 9.69 Å². The fraction of sp³-hybridized carbons (Fsp3) is 0.609. The Balaban J connectivity index is 1.75. The monoisotopic (exact) mass is 417 g/mol. The molecule has 0 radical (unpaired) electrons. The van der Waals surface area contributed by atoms with Crippen molar-refractivity contribution < 1.29 is 19.1 Å². The molecule has 0 aromatic heterocycles. The Morgan fingerprint density at radius 2 is 1.73 bits per heavy atom. The van der Waals surface area contributed by atoms with Crippen molar-refractivity contribution in [2.24, 2.45) is 5.92 Å². The second-order valence-electron chi connectivity index (χ2n) is 8.55.